The Bertz CT molecular complexity index is 982. The van der Waals surface area contributed by atoms with Crippen molar-refractivity contribution in [2.24, 2.45) is 0 Å². The van der Waals surface area contributed by atoms with E-state index in [0.29, 0.717) is 37.4 Å². The van der Waals surface area contributed by atoms with Gasteiger partial charge in [0.05, 0.1) is 25.2 Å². The lowest BCUT2D eigenvalue weighted by Crippen LogP contribution is -2.57. The van der Waals surface area contributed by atoms with Gasteiger partial charge >= 0.3 is 5.97 Å². The fraction of sp³-hybridized carbons (Fsp3) is 0.423. The summed E-state index contributed by atoms with van der Waals surface area (Å²) in [5.74, 6) is -0.731. The minimum atomic E-state index is -0.926. The summed E-state index contributed by atoms with van der Waals surface area (Å²) in [6.07, 6.45) is 3.14. The Morgan fingerprint density at radius 2 is 1.91 bits per heavy atom. The molecule has 8 heteroatoms. The van der Waals surface area contributed by atoms with Crippen LogP contribution in [-0.2, 0) is 20.7 Å². The van der Waals surface area contributed by atoms with Gasteiger partial charge in [0.1, 0.15) is 11.8 Å². The third-order valence-corrected chi connectivity index (χ3v) is 6.09. The lowest BCUT2D eigenvalue weighted by atomic mass is 10.1. The number of carbonyl (C=O) groups excluding carboxylic acids is 3. The van der Waals surface area contributed by atoms with Gasteiger partial charge in [-0.25, -0.2) is 0 Å². The topological polar surface area (TPSA) is 84.9 Å². The van der Waals surface area contributed by atoms with E-state index in [1.807, 2.05) is 36.4 Å². The van der Waals surface area contributed by atoms with Crippen LogP contribution < -0.4 is 10.1 Å². The zero-order valence-electron chi connectivity index (χ0n) is 19.4. The van der Waals surface area contributed by atoms with Gasteiger partial charge in [0, 0.05) is 17.6 Å². The maximum absolute atomic E-state index is 13.5. The molecule has 1 aliphatic heterocycles. The van der Waals surface area contributed by atoms with Gasteiger partial charge in [0.25, 0.3) is 5.91 Å². The fourth-order valence-electron chi connectivity index (χ4n) is 3.76. The molecule has 0 aliphatic carbocycles. The molecule has 2 aromatic carbocycles. The highest BCUT2D eigenvalue weighted by molar-refractivity contribution is 9.10. The lowest BCUT2D eigenvalue weighted by Gasteiger charge is -2.35. The van der Waals surface area contributed by atoms with Crippen LogP contribution in [0.15, 0.2) is 53.0 Å². The summed E-state index contributed by atoms with van der Waals surface area (Å²) in [5.41, 5.74) is 1.54. The standard InChI is InChI=1S/C26H31BrN2O5/c1-2-3-15-33-23-12-11-20(27)17-21(23)26(32)29-14-13-28-25(31)22(29)18-24(30)34-16-7-10-19-8-5-4-6-9-19/h4-6,8-9,11-12,17,22H,2-3,7,10,13-16,18H2,1H3,(H,28,31). The number of amides is 2. The number of halogens is 1. The summed E-state index contributed by atoms with van der Waals surface area (Å²) in [5, 5.41) is 2.75. The monoisotopic (exact) mass is 530 g/mol. The maximum atomic E-state index is 13.5. The molecule has 1 heterocycles. The normalized spacial score (nSPS) is 15.5. The molecular weight excluding hydrogens is 500 g/mol. The van der Waals surface area contributed by atoms with Crippen molar-refractivity contribution in [2.75, 3.05) is 26.3 Å². The van der Waals surface area contributed by atoms with Gasteiger partial charge in [0.15, 0.2) is 0 Å². The Labute approximate surface area is 208 Å². The number of unbranched alkanes of at least 4 members (excludes halogenated alkanes) is 1. The average Bonchev–Trinajstić information content (AvgIpc) is 2.84. The van der Waals surface area contributed by atoms with Crippen LogP contribution in [0.1, 0.15) is 48.5 Å². The van der Waals surface area contributed by atoms with Crippen molar-refractivity contribution in [1.29, 1.82) is 0 Å². The van der Waals surface area contributed by atoms with Crippen molar-refractivity contribution in [1.82, 2.24) is 10.2 Å². The van der Waals surface area contributed by atoms with Crippen LogP contribution in [0.2, 0.25) is 0 Å². The number of hydrogen-bond donors (Lipinski definition) is 1. The summed E-state index contributed by atoms with van der Waals surface area (Å²) in [7, 11) is 0. The Hall–Kier alpha value is -2.87. The molecule has 1 aliphatic rings. The van der Waals surface area contributed by atoms with E-state index in [1.165, 1.54) is 10.5 Å². The van der Waals surface area contributed by atoms with Gasteiger partial charge in [-0.2, -0.15) is 0 Å². The van der Waals surface area contributed by atoms with Crippen LogP contribution in [0.5, 0.6) is 5.75 Å². The third-order valence-electron chi connectivity index (χ3n) is 5.59. The van der Waals surface area contributed by atoms with Crippen molar-refractivity contribution in [3.63, 3.8) is 0 Å². The van der Waals surface area contributed by atoms with E-state index in [-0.39, 0.29) is 24.8 Å². The minimum Gasteiger partial charge on any atom is -0.493 e. The second-order valence-corrected chi connectivity index (χ2v) is 9.08. The first kappa shape index (κ1) is 25.7. The molecule has 1 N–H and O–H groups in total. The molecule has 0 saturated carbocycles. The second-order valence-electron chi connectivity index (χ2n) is 8.16. The molecule has 3 rings (SSSR count). The molecule has 182 valence electrons. The highest BCUT2D eigenvalue weighted by atomic mass is 79.9. The molecule has 0 spiro atoms. The van der Waals surface area contributed by atoms with Gasteiger partial charge in [-0.05, 0) is 43.0 Å². The van der Waals surface area contributed by atoms with Crippen LogP contribution in [0.25, 0.3) is 0 Å². The molecule has 1 unspecified atom stereocenters. The van der Waals surface area contributed by atoms with Crippen molar-refractivity contribution in [2.45, 2.75) is 45.1 Å². The Balaban J connectivity index is 1.63. The predicted octanol–water partition coefficient (Wildman–Crippen LogP) is 4.13. The molecule has 1 atom stereocenters. The third kappa shape index (κ3) is 7.32. The highest BCUT2D eigenvalue weighted by Gasteiger charge is 2.36. The number of nitrogens with one attached hydrogen (secondary N) is 1. The summed E-state index contributed by atoms with van der Waals surface area (Å²) in [4.78, 5) is 40.0. The van der Waals surface area contributed by atoms with Crippen LogP contribution in [-0.4, -0.2) is 55.0 Å². The van der Waals surface area contributed by atoms with Gasteiger partial charge in [-0.15, -0.1) is 0 Å². The predicted molar refractivity (Wildman–Crippen MR) is 133 cm³/mol. The zero-order valence-corrected chi connectivity index (χ0v) is 21.0. The number of carbonyl (C=O) groups is 3. The van der Waals surface area contributed by atoms with Crippen molar-refractivity contribution in [3.05, 3.63) is 64.1 Å². The summed E-state index contributed by atoms with van der Waals surface area (Å²) < 4.78 is 11.9. The van der Waals surface area contributed by atoms with E-state index in [1.54, 1.807) is 12.1 Å². The lowest BCUT2D eigenvalue weighted by molar-refractivity contribution is -0.147. The maximum Gasteiger partial charge on any atom is 0.308 e. The zero-order chi connectivity index (χ0) is 24.3. The fourth-order valence-corrected chi connectivity index (χ4v) is 4.12. The molecule has 0 bridgehead atoms. The molecule has 7 nitrogen and oxygen atoms in total. The SMILES string of the molecule is CCCCOc1ccc(Br)cc1C(=O)N1CCNC(=O)C1CC(=O)OCCCc1ccccc1. The smallest absolute Gasteiger partial charge is 0.308 e. The molecule has 0 aromatic heterocycles. The van der Waals surface area contributed by atoms with Crippen molar-refractivity contribution < 1.29 is 23.9 Å². The first-order valence-electron chi connectivity index (χ1n) is 11.7. The number of rotatable bonds is 11. The summed E-state index contributed by atoms with van der Waals surface area (Å²) in [6.45, 7) is 3.45. The quantitative estimate of drug-likeness (QED) is 0.348. The van der Waals surface area contributed by atoms with E-state index in [4.69, 9.17) is 9.47 Å². The summed E-state index contributed by atoms with van der Waals surface area (Å²) >= 11 is 3.41. The molecule has 34 heavy (non-hydrogen) atoms. The molecule has 1 fully saturated rings. The van der Waals surface area contributed by atoms with Gasteiger partial charge in [-0.3, -0.25) is 14.4 Å². The number of hydrogen-bond acceptors (Lipinski definition) is 5. The molecule has 2 amide bonds. The largest absolute Gasteiger partial charge is 0.493 e. The molecule has 1 saturated heterocycles. The van der Waals surface area contributed by atoms with E-state index >= 15 is 0 Å². The number of nitrogens with zero attached hydrogens (tertiary/aromatic N) is 1. The highest BCUT2D eigenvalue weighted by Crippen LogP contribution is 2.27. The molecular formula is C26H31BrN2O5. The number of ether oxygens (including phenoxy) is 2. The van der Waals surface area contributed by atoms with Crippen LogP contribution >= 0.6 is 15.9 Å². The Morgan fingerprint density at radius 1 is 1.12 bits per heavy atom. The van der Waals surface area contributed by atoms with Crippen LogP contribution in [0.3, 0.4) is 0 Å². The van der Waals surface area contributed by atoms with Gasteiger partial charge in [-0.1, -0.05) is 59.6 Å². The Kier molecular flexibility index (Phi) is 9.94. The molecule has 2 aromatic rings. The van der Waals surface area contributed by atoms with Crippen LogP contribution in [0.4, 0.5) is 0 Å². The first-order chi connectivity index (χ1) is 16.5. The van der Waals surface area contributed by atoms with E-state index in [2.05, 4.69) is 28.2 Å². The second kappa shape index (κ2) is 13.1. The number of aryl methyl sites for hydroxylation is 1. The van der Waals surface area contributed by atoms with Crippen molar-refractivity contribution >= 4 is 33.7 Å². The number of benzene rings is 2. The number of piperazine rings is 1. The number of esters is 1. The molecule has 0 radical (unpaired) electrons. The average molecular weight is 531 g/mol. The van der Waals surface area contributed by atoms with E-state index in [0.717, 1.165) is 23.7 Å². The van der Waals surface area contributed by atoms with Gasteiger partial charge in [0.2, 0.25) is 5.91 Å². The van der Waals surface area contributed by atoms with E-state index < -0.39 is 12.0 Å². The first-order valence-corrected chi connectivity index (χ1v) is 12.5. The van der Waals surface area contributed by atoms with Gasteiger partial charge < -0.3 is 19.7 Å². The minimum absolute atomic E-state index is 0.192. The van der Waals surface area contributed by atoms with Crippen molar-refractivity contribution in [3.8, 4) is 5.75 Å². The van der Waals surface area contributed by atoms with E-state index in [9.17, 15) is 14.4 Å². The Morgan fingerprint density at radius 3 is 2.68 bits per heavy atom. The summed E-state index contributed by atoms with van der Waals surface area (Å²) in [6, 6.07) is 14.3. The van der Waals surface area contributed by atoms with Crippen LogP contribution in [0, 0.1) is 0 Å².